The molecule has 2 aromatic rings. The number of piperidine rings is 1. The van der Waals surface area contributed by atoms with Gasteiger partial charge in [-0.1, -0.05) is 6.07 Å². The molecule has 2 aliphatic heterocycles. The van der Waals surface area contributed by atoms with Gasteiger partial charge in [0.15, 0.2) is 0 Å². The van der Waals surface area contributed by atoms with Crippen LogP contribution >= 0.6 is 0 Å². The number of carbonyl (C=O) groups is 1. The zero-order valence-corrected chi connectivity index (χ0v) is 15.3. The van der Waals surface area contributed by atoms with Gasteiger partial charge in [-0.25, -0.2) is 9.97 Å². The van der Waals surface area contributed by atoms with Crippen LogP contribution in [0.4, 0.5) is 0 Å². The number of amides is 1. The quantitative estimate of drug-likeness (QED) is 0.806. The third-order valence-electron chi connectivity index (χ3n) is 5.63. The van der Waals surface area contributed by atoms with Crippen molar-refractivity contribution in [2.24, 2.45) is 5.92 Å². The van der Waals surface area contributed by atoms with Crippen molar-refractivity contribution in [3.63, 3.8) is 0 Å². The summed E-state index contributed by atoms with van der Waals surface area (Å²) in [6, 6.07) is 5.67. The zero-order valence-electron chi connectivity index (χ0n) is 15.3. The van der Waals surface area contributed by atoms with Gasteiger partial charge in [0.05, 0.1) is 18.4 Å². The number of carbonyl (C=O) groups excluding carboxylic acids is 1. The number of ether oxygens (including phenoxy) is 2. The molecule has 0 saturated carbocycles. The maximum atomic E-state index is 12.6. The maximum absolute atomic E-state index is 12.6. The van der Waals surface area contributed by atoms with Crippen LogP contribution in [0.25, 0.3) is 0 Å². The number of aromatic nitrogens is 3. The molecule has 1 unspecified atom stereocenters. The third kappa shape index (κ3) is 3.93. The molecule has 142 valence electrons. The van der Waals surface area contributed by atoms with Crippen molar-refractivity contribution in [2.45, 2.75) is 31.3 Å². The Labute approximate surface area is 158 Å². The molecule has 1 spiro atoms. The van der Waals surface area contributed by atoms with Gasteiger partial charge in [0.2, 0.25) is 5.88 Å². The first kappa shape index (κ1) is 17.9. The number of pyridine rings is 1. The maximum Gasteiger partial charge on any atom is 0.274 e. The monoisotopic (exact) mass is 368 g/mol. The number of rotatable bonds is 5. The van der Waals surface area contributed by atoms with Crippen LogP contribution in [0.15, 0.2) is 43.0 Å². The van der Waals surface area contributed by atoms with Gasteiger partial charge in [-0.05, 0) is 37.7 Å². The van der Waals surface area contributed by atoms with Gasteiger partial charge >= 0.3 is 0 Å². The van der Waals surface area contributed by atoms with E-state index in [1.165, 1.54) is 6.20 Å². The first-order valence-corrected chi connectivity index (χ1v) is 9.50. The first-order valence-electron chi connectivity index (χ1n) is 9.50. The van der Waals surface area contributed by atoms with Crippen LogP contribution in [0.1, 0.15) is 36.2 Å². The normalized spacial score (nSPS) is 21.3. The Morgan fingerprint density at radius 2 is 2.11 bits per heavy atom. The predicted molar refractivity (Wildman–Crippen MR) is 98.3 cm³/mol. The van der Waals surface area contributed by atoms with Gasteiger partial charge in [-0.2, -0.15) is 0 Å². The van der Waals surface area contributed by atoms with Crippen LogP contribution in [-0.2, 0) is 4.74 Å². The van der Waals surface area contributed by atoms with Crippen LogP contribution in [0.5, 0.6) is 5.88 Å². The second kappa shape index (κ2) is 8.00. The van der Waals surface area contributed by atoms with Crippen LogP contribution < -0.4 is 4.74 Å². The largest absolute Gasteiger partial charge is 0.478 e. The predicted octanol–water partition coefficient (Wildman–Crippen LogP) is 2.35. The Hall–Kier alpha value is -2.54. The van der Waals surface area contributed by atoms with E-state index >= 15 is 0 Å². The fourth-order valence-electron chi connectivity index (χ4n) is 4.14. The molecule has 1 amide bonds. The van der Waals surface area contributed by atoms with Gasteiger partial charge in [-0.15, -0.1) is 0 Å². The van der Waals surface area contributed by atoms with E-state index in [1.54, 1.807) is 18.6 Å². The van der Waals surface area contributed by atoms with Gasteiger partial charge < -0.3 is 14.4 Å². The highest BCUT2D eigenvalue weighted by Crippen LogP contribution is 2.42. The topological polar surface area (TPSA) is 77.4 Å². The highest BCUT2D eigenvalue weighted by Gasteiger charge is 2.46. The number of nitrogens with zero attached hydrogens (tertiary/aromatic N) is 4. The van der Waals surface area contributed by atoms with Crippen molar-refractivity contribution >= 4 is 5.91 Å². The van der Waals surface area contributed by atoms with E-state index < -0.39 is 0 Å². The molecule has 0 aliphatic carbocycles. The molecular weight excluding hydrogens is 344 g/mol. The van der Waals surface area contributed by atoms with Gasteiger partial charge in [-0.3, -0.25) is 9.78 Å². The van der Waals surface area contributed by atoms with E-state index in [0.717, 1.165) is 32.3 Å². The van der Waals surface area contributed by atoms with E-state index in [9.17, 15) is 4.79 Å². The number of hydrogen-bond donors (Lipinski definition) is 0. The lowest BCUT2D eigenvalue weighted by Gasteiger charge is -2.42. The van der Waals surface area contributed by atoms with Crippen LogP contribution in [0, 0.1) is 5.92 Å². The molecule has 4 heterocycles. The van der Waals surface area contributed by atoms with Crippen molar-refractivity contribution in [3.8, 4) is 5.88 Å². The molecule has 0 aromatic carbocycles. The Kier molecular flexibility index (Phi) is 5.29. The average Bonchev–Trinajstić information content (AvgIpc) is 3.11. The molecule has 1 atom stereocenters. The summed E-state index contributed by atoms with van der Waals surface area (Å²) in [4.78, 5) is 26.7. The summed E-state index contributed by atoms with van der Waals surface area (Å²) in [6.07, 6.45) is 10.1. The van der Waals surface area contributed by atoms with E-state index in [0.29, 0.717) is 37.2 Å². The molecule has 2 aromatic heterocycles. The Morgan fingerprint density at radius 3 is 2.85 bits per heavy atom. The van der Waals surface area contributed by atoms with E-state index in [2.05, 4.69) is 15.0 Å². The minimum atomic E-state index is -0.132. The molecule has 7 heteroatoms. The lowest BCUT2D eigenvalue weighted by atomic mass is 9.78. The third-order valence-corrected chi connectivity index (χ3v) is 5.63. The molecule has 0 bridgehead atoms. The molecule has 27 heavy (non-hydrogen) atoms. The first-order chi connectivity index (χ1) is 13.3. The molecule has 2 saturated heterocycles. The number of likely N-dealkylation sites (tertiary alicyclic amines) is 1. The molecule has 7 nitrogen and oxygen atoms in total. The summed E-state index contributed by atoms with van der Waals surface area (Å²) >= 11 is 0. The van der Waals surface area contributed by atoms with Crippen molar-refractivity contribution in [2.75, 3.05) is 26.3 Å². The van der Waals surface area contributed by atoms with E-state index in [4.69, 9.17) is 9.47 Å². The van der Waals surface area contributed by atoms with Crippen LogP contribution in [-0.4, -0.2) is 57.7 Å². The molecule has 4 rings (SSSR count). The highest BCUT2D eigenvalue weighted by atomic mass is 16.5. The Morgan fingerprint density at radius 1 is 1.22 bits per heavy atom. The van der Waals surface area contributed by atoms with Crippen molar-refractivity contribution in [3.05, 3.63) is 48.7 Å². The summed E-state index contributed by atoms with van der Waals surface area (Å²) in [5.41, 5.74) is 0.271. The molecule has 0 N–H and O–H groups in total. The van der Waals surface area contributed by atoms with Gasteiger partial charge in [0.25, 0.3) is 5.91 Å². The minimum absolute atomic E-state index is 0.0500. The Bertz CT molecular complexity index is 748. The SMILES string of the molecule is O=C(c1cnccn1)N1CCC2(CC1)OCCC2CCOc1ccccn1. The second-order valence-corrected chi connectivity index (χ2v) is 7.09. The summed E-state index contributed by atoms with van der Waals surface area (Å²) in [5, 5.41) is 0. The summed E-state index contributed by atoms with van der Waals surface area (Å²) in [7, 11) is 0. The lowest BCUT2D eigenvalue weighted by molar-refractivity contribution is -0.0649. The van der Waals surface area contributed by atoms with Crippen LogP contribution in [0.2, 0.25) is 0 Å². The number of hydrogen-bond acceptors (Lipinski definition) is 6. The lowest BCUT2D eigenvalue weighted by Crippen LogP contribution is -2.49. The van der Waals surface area contributed by atoms with Crippen molar-refractivity contribution < 1.29 is 14.3 Å². The Balaban J connectivity index is 1.31. The molecule has 0 radical (unpaired) electrons. The van der Waals surface area contributed by atoms with E-state index in [1.807, 2.05) is 23.1 Å². The standard InChI is InChI=1S/C20H24N4O3/c25-19(17-15-21-9-10-22-17)24-11-6-20(7-12-24)16(5-14-27-20)4-13-26-18-3-1-2-8-23-18/h1-3,8-10,15-16H,4-7,11-14H2. The zero-order chi connectivity index (χ0) is 18.5. The fraction of sp³-hybridized carbons (Fsp3) is 0.500. The van der Waals surface area contributed by atoms with Gasteiger partial charge in [0.1, 0.15) is 5.69 Å². The van der Waals surface area contributed by atoms with E-state index in [-0.39, 0.29) is 11.5 Å². The average molecular weight is 368 g/mol. The molecular formula is C20H24N4O3. The summed E-state index contributed by atoms with van der Waals surface area (Å²) < 4.78 is 12.0. The summed E-state index contributed by atoms with van der Waals surface area (Å²) in [5.74, 6) is 1.07. The van der Waals surface area contributed by atoms with Crippen molar-refractivity contribution in [1.82, 2.24) is 19.9 Å². The van der Waals surface area contributed by atoms with Crippen LogP contribution in [0.3, 0.4) is 0 Å². The second-order valence-electron chi connectivity index (χ2n) is 7.09. The van der Waals surface area contributed by atoms with Gasteiger partial charge in [0, 0.05) is 44.4 Å². The summed E-state index contributed by atoms with van der Waals surface area (Å²) in [6.45, 7) is 2.79. The highest BCUT2D eigenvalue weighted by molar-refractivity contribution is 5.92. The smallest absolute Gasteiger partial charge is 0.274 e. The fourth-order valence-corrected chi connectivity index (χ4v) is 4.14. The molecule has 2 aliphatic rings. The minimum Gasteiger partial charge on any atom is -0.478 e. The van der Waals surface area contributed by atoms with Crippen molar-refractivity contribution in [1.29, 1.82) is 0 Å². The molecule has 2 fully saturated rings.